The molecule has 0 aliphatic heterocycles. The molecule has 0 bridgehead atoms. The van der Waals surface area contributed by atoms with Crippen molar-refractivity contribution in [1.82, 2.24) is 0 Å². The molecular formula is C14H17BrF3N. The minimum absolute atomic E-state index is 0.122. The maximum Gasteiger partial charge on any atom is 0.418 e. The molecule has 1 aromatic carbocycles. The molecule has 1 aliphatic rings. The van der Waals surface area contributed by atoms with Crippen molar-refractivity contribution in [2.45, 2.75) is 42.7 Å². The molecule has 0 saturated heterocycles. The third-order valence-electron chi connectivity index (χ3n) is 3.73. The van der Waals surface area contributed by atoms with E-state index in [1.54, 1.807) is 24.1 Å². The Morgan fingerprint density at radius 1 is 1.16 bits per heavy atom. The fourth-order valence-electron chi connectivity index (χ4n) is 2.70. The summed E-state index contributed by atoms with van der Waals surface area (Å²) in [7, 11) is 1.76. The Morgan fingerprint density at radius 2 is 1.79 bits per heavy atom. The molecule has 106 valence electrons. The molecule has 0 aromatic heterocycles. The minimum atomic E-state index is -4.30. The van der Waals surface area contributed by atoms with Crippen molar-refractivity contribution in [2.75, 3.05) is 11.9 Å². The molecular weight excluding hydrogens is 319 g/mol. The highest BCUT2D eigenvalue weighted by atomic mass is 79.9. The van der Waals surface area contributed by atoms with Gasteiger partial charge in [-0.25, -0.2) is 0 Å². The maximum atomic E-state index is 13.0. The first-order chi connectivity index (χ1) is 8.91. The third kappa shape index (κ3) is 3.25. The molecule has 19 heavy (non-hydrogen) atoms. The average Bonchev–Trinajstić information content (AvgIpc) is 2.37. The predicted molar refractivity (Wildman–Crippen MR) is 74.8 cm³/mol. The second kappa shape index (κ2) is 5.73. The van der Waals surface area contributed by atoms with Crippen molar-refractivity contribution in [3.63, 3.8) is 0 Å². The van der Waals surface area contributed by atoms with Gasteiger partial charge in [0.2, 0.25) is 0 Å². The Balaban J connectivity index is 2.30. The Hall–Kier alpha value is -0.710. The lowest BCUT2D eigenvalue weighted by molar-refractivity contribution is -0.137. The number of nitrogens with zero attached hydrogens (tertiary/aromatic N) is 1. The van der Waals surface area contributed by atoms with Crippen LogP contribution in [0.15, 0.2) is 24.3 Å². The molecule has 1 saturated carbocycles. The van der Waals surface area contributed by atoms with Crippen molar-refractivity contribution in [3.8, 4) is 0 Å². The van der Waals surface area contributed by atoms with Gasteiger partial charge in [-0.2, -0.15) is 13.2 Å². The van der Waals surface area contributed by atoms with Gasteiger partial charge in [0, 0.05) is 23.6 Å². The Morgan fingerprint density at radius 3 is 2.42 bits per heavy atom. The van der Waals surface area contributed by atoms with Gasteiger partial charge < -0.3 is 4.90 Å². The van der Waals surface area contributed by atoms with E-state index >= 15 is 0 Å². The number of hydrogen-bond acceptors (Lipinski definition) is 1. The first-order valence-corrected chi connectivity index (χ1v) is 7.36. The normalized spacial score (nSPS) is 24.3. The van der Waals surface area contributed by atoms with E-state index in [0.717, 1.165) is 31.7 Å². The maximum absolute atomic E-state index is 13.0. The molecule has 1 aromatic rings. The zero-order chi connectivity index (χ0) is 14.0. The standard InChI is InChI=1S/C14H17BrF3N/c1-19(13-9-5-3-7-11(13)15)12-8-4-2-6-10(12)14(16,17)18/h2,4,6,8,11,13H,3,5,7,9H2,1H3. The molecule has 2 unspecified atom stereocenters. The van der Waals surface area contributed by atoms with Crippen molar-refractivity contribution in [1.29, 1.82) is 0 Å². The van der Waals surface area contributed by atoms with Gasteiger partial charge in [0.1, 0.15) is 0 Å². The van der Waals surface area contributed by atoms with Crippen LogP contribution in [0.4, 0.5) is 18.9 Å². The molecule has 2 atom stereocenters. The molecule has 0 radical (unpaired) electrons. The zero-order valence-corrected chi connectivity index (χ0v) is 12.3. The third-order valence-corrected chi connectivity index (χ3v) is 4.80. The highest BCUT2D eigenvalue weighted by molar-refractivity contribution is 9.09. The fraction of sp³-hybridized carbons (Fsp3) is 0.571. The molecule has 0 heterocycles. The van der Waals surface area contributed by atoms with E-state index in [9.17, 15) is 13.2 Å². The van der Waals surface area contributed by atoms with E-state index in [2.05, 4.69) is 15.9 Å². The number of anilines is 1. The first-order valence-electron chi connectivity index (χ1n) is 6.44. The van der Waals surface area contributed by atoms with Crippen molar-refractivity contribution < 1.29 is 13.2 Å². The summed E-state index contributed by atoms with van der Waals surface area (Å²) >= 11 is 3.60. The smallest absolute Gasteiger partial charge is 0.370 e. The number of para-hydroxylation sites is 1. The molecule has 0 N–H and O–H groups in total. The molecule has 1 nitrogen and oxygen atoms in total. The summed E-state index contributed by atoms with van der Waals surface area (Å²) in [5.41, 5.74) is -0.283. The van der Waals surface area contributed by atoms with E-state index in [4.69, 9.17) is 0 Å². The van der Waals surface area contributed by atoms with Crippen LogP contribution in [-0.4, -0.2) is 17.9 Å². The van der Waals surface area contributed by atoms with Gasteiger partial charge in [-0.3, -0.25) is 0 Å². The van der Waals surface area contributed by atoms with Gasteiger partial charge in [-0.05, 0) is 25.0 Å². The van der Waals surface area contributed by atoms with Gasteiger partial charge in [0.25, 0.3) is 0 Å². The van der Waals surface area contributed by atoms with E-state index in [1.165, 1.54) is 6.07 Å². The summed E-state index contributed by atoms with van der Waals surface area (Å²) in [4.78, 5) is 2.04. The van der Waals surface area contributed by atoms with Crippen molar-refractivity contribution >= 4 is 21.6 Å². The SMILES string of the molecule is CN(c1ccccc1C(F)(F)F)C1CCCCC1Br. The minimum Gasteiger partial charge on any atom is -0.370 e. The van der Waals surface area contributed by atoms with Crippen LogP contribution in [0.2, 0.25) is 0 Å². The first kappa shape index (κ1) is 14.7. The number of alkyl halides is 4. The summed E-state index contributed by atoms with van der Waals surface area (Å²) in [6.45, 7) is 0. The molecule has 0 spiro atoms. The lowest BCUT2D eigenvalue weighted by Gasteiger charge is -2.37. The largest absolute Gasteiger partial charge is 0.418 e. The summed E-state index contributed by atoms with van der Waals surface area (Å²) in [6.07, 6.45) is -0.143. The summed E-state index contributed by atoms with van der Waals surface area (Å²) in [6, 6.07) is 5.92. The second-order valence-corrected chi connectivity index (χ2v) is 6.17. The Kier molecular flexibility index (Phi) is 4.43. The van der Waals surface area contributed by atoms with Gasteiger partial charge in [0.15, 0.2) is 0 Å². The van der Waals surface area contributed by atoms with Gasteiger partial charge >= 0.3 is 6.18 Å². The monoisotopic (exact) mass is 335 g/mol. The van der Waals surface area contributed by atoms with Crippen LogP contribution in [0.5, 0.6) is 0 Å². The van der Waals surface area contributed by atoms with E-state index in [-0.39, 0.29) is 16.6 Å². The lowest BCUT2D eigenvalue weighted by atomic mass is 9.93. The number of benzene rings is 1. The van der Waals surface area contributed by atoms with Crippen LogP contribution in [0.25, 0.3) is 0 Å². The quantitative estimate of drug-likeness (QED) is 0.698. The van der Waals surface area contributed by atoms with E-state index in [1.807, 2.05) is 0 Å². The predicted octanol–water partition coefficient (Wildman–Crippen LogP) is 4.85. The van der Waals surface area contributed by atoms with Crippen LogP contribution in [0.3, 0.4) is 0 Å². The summed E-state index contributed by atoms with van der Waals surface area (Å²) in [5.74, 6) is 0. The van der Waals surface area contributed by atoms with Crippen LogP contribution in [0, 0.1) is 0 Å². The molecule has 2 rings (SSSR count). The van der Waals surface area contributed by atoms with E-state index < -0.39 is 11.7 Å². The molecule has 5 heteroatoms. The van der Waals surface area contributed by atoms with Crippen molar-refractivity contribution in [3.05, 3.63) is 29.8 Å². The highest BCUT2D eigenvalue weighted by Gasteiger charge is 2.36. The van der Waals surface area contributed by atoms with Crippen LogP contribution < -0.4 is 4.90 Å². The molecule has 1 fully saturated rings. The Bertz CT molecular complexity index is 433. The topological polar surface area (TPSA) is 3.24 Å². The van der Waals surface area contributed by atoms with Crippen LogP contribution in [0.1, 0.15) is 31.2 Å². The fourth-order valence-corrected chi connectivity index (χ4v) is 3.64. The summed E-state index contributed by atoms with van der Waals surface area (Å²) in [5, 5.41) is 0. The van der Waals surface area contributed by atoms with Gasteiger partial charge in [-0.15, -0.1) is 0 Å². The zero-order valence-electron chi connectivity index (χ0n) is 10.8. The lowest BCUT2D eigenvalue weighted by Crippen LogP contribution is -2.41. The van der Waals surface area contributed by atoms with Crippen LogP contribution >= 0.6 is 15.9 Å². The van der Waals surface area contributed by atoms with Gasteiger partial charge in [0.05, 0.1) is 5.56 Å². The number of hydrogen-bond donors (Lipinski definition) is 0. The Labute approximate surface area is 119 Å². The molecule has 0 amide bonds. The average molecular weight is 336 g/mol. The second-order valence-electron chi connectivity index (χ2n) is 4.99. The van der Waals surface area contributed by atoms with Crippen LogP contribution in [-0.2, 0) is 6.18 Å². The summed E-state index contributed by atoms with van der Waals surface area (Å²) < 4.78 is 39.1. The van der Waals surface area contributed by atoms with Gasteiger partial charge in [-0.1, -0.05) is 40.9 Å². The number of halogens is 4. The number of rotatable bonds is 2. The molecule has 1 aliphatic carbocycles. The highest BCUT2D eigenvalue weighted by Crippen LogP contribution is 2.39. The van der Waals surface area contributed by atoms with E-state index in [0.29, 0.717) is 0 Å². The van der Waals surface area contributed by atoms with Crippen molar-refractivity contribution in [2.24, 2.45) is 0 Å².